The number of amides is 2. The summed E-state index contributed by atoms with van der Waals surface area (Å²) in [7, 11) is 0. The van der Waals surface area contributed by atoms with Gasteiger partial charge in [0.1, 0.15) is 11.3 Å². The summed E-state index contributed by atoms with van der Waals surface area (Å²) in [5.74, 6) is 0.777. The molecule has 7 heteroatoms. The first kappa shape index (κ1) is 17.7. The molecule has 2 aromatic rings. The number of likely N-dealkylation sites (tertiary alicyclic amines) is 1. The van der Waals surface area contributed by atoms with Gasteiger partial charge in [0.15, 0.2) is 5.76 Å². The second kappa shape index (κ2) is 7.20. The summed E-state index contributed by atoms with van der Waals surface area (Å²) in [6.45, 7) is 4.78. The highest BCUT2D eigenvalue weighted by Gasteiger charge is 2.33. The van der Waals surface area contributed by atoms with Gasteiger partial charge in [0.25, 0.3) is 11.8 Å². The minimum atomic E-state index is -0.172. The van der Waals surface area contributed by atoms with Crippen LogP contribution in [0.2, 0.25) is 0 Å². The van der Waals surface area contributed by atoms with E-state index in [9.17, 15) is 9.59 Å². The van der Waals surface area contributed by atoms with Crippen LogP contribution in [0.15, 0.2) is 22.7 Å². The van der Waals surface area contributed by atoms with Crippen molar-refractivity contribution in [1.82, 2.24) is 20.1 Å². The summed E-state index contributed by atoms with van der Waals surface area (Å²) in [6.07, 6.45) is 7.14. The van der Waals surface area contributed by atoms with E-state index < -0.39 is 0 Å². The molecule has 3 aliphatic rings. The normalized spacial score (nSPS) is 27.1. The number of nitrogens with zero attached hydrogens (tertiary/aromatic N) is 3. The fourth-order valence-electron chi connectivity index (χ4n) is 4.84. The number of fused-ring (bicyclic) bond motifs is 3. The average molecular weight is 382 g/mol. The van der Waals surface area contributed by atoms with Gasteiger partial charge in [-0.15, -0.1) is 0 Å². The van der Waals surface area contributed by atoms with E-state index in [1.807, 2.05) is 4.90 Å². The Labute approximate surface area is 164 Å². The predicted octanol–water partition coefficient (Wildman–Crippen LogP) is 2.28. The van der Waals surface area contributed by atoms with Crippen LogP contribution in [0.25, 0.3) is 11.0 Å². The maximum absolute atomic E-state index is 12.7. The summed E-state index contributed by atoms with van der Waals surface area (Å²) in [5, 5.41) is 3.87. The molecule has 28 heavy (non-hydrogen) atoms. The van der Waals surface area contributed by atoms with Gasteiger partial charge in [-0.05, 0) is 50.6 Å². The molecule has 0 spiro atoms. The number of hydrogen-bond acceptors (Lipinski definition) is 5. The molecule has 0 radical (unpaired) electrons. The van der Waals surface area contributed by atoms with Gasteiger partial charge in [-0.2, -0.15) is 0 Å². The van der Waals surface area contributed by atoms with Crippen LogP contribution >= 0.6 is 0 Å². The van der Waals surface area contributed by atoms with Crippen molar-refractivity contribution in [3.8, 4) is 0 Å². The minimum Gasteiger partial charge on any atom is -0.451 e. The molecule has 7 nitrogen and oxygen atoms in total. The average Bonchev–Trinajstić information content (AvgIpc) is 3.30. The molecule has 3 fully saturated rings. The molecular formula is C21H26N4O3. The van der Waals surface area contributed by atoms with Crippen LogP contribution in [0.3, 0.4) is 0 Å². The summed E-state index contributed by atoms with van der Waals surface area (Å²) in [4.78, 5) is 33.9. The third kappa shape index (κ3) is 3.39. The van der Waals surface area contributed by atoms with Crippen molar-refractivity contribution in [2.24, 2.45) is 5.92 Å². The lowest BCUT2D eigenvalue weighted by molar-refractivity contribution is 0.0694. The Bertz CT molecular complexity index is 890. The van der Waals surface area contributed by atoms with Crippen LogP contribution < -0.4 is 5.32 Å². The van der Waals surface area contributed by atoms with Crippen molar-refractivity contribution in [2.75, 3.05) is 32.7 Å². The van der Waals surface area contributed by atoms with E-state index in [-0.39, 0.29) is 17.9 Å². The summed E-state index contributed by atoms with van der Waals surface area (Å²) in [5.41, 5.74) is 0.875. The zero-order valence-electron chi connectivity index (χ0n) is 16.0. The minimum absolute atomic E-state index is 0.0753. The number of rotatable bonds is 3. The summed E-state index contributed by atoms with van der Waals surface area (Å²) >= 11 is 0. The Hall–Kier alpha value is -2.41. The highest BCUT2D eigenvalue weighted by Crippen LogP contribution is 2.27. The number of pyridine rings is 1. The lowest BCUT2D eigenvalue weighted by Gasteiger charge is -2.30. The van der Waals surface area contributed by atoms with E-state index in [0.29, 0.717) is 23.0 Å². The van der Waals surface area contributed by atoms with Crippen molar-refractivity contribution in [1.29, 1.82) is 0 Å². The standard InChI is InChI=1S/C21H26N4O3/c26-20(23-16-8-14-4-7-24(12-14)13-16)17-10-18-15(11-22-17)9-19(28-18)21(27)25-5-2-1-3-6-25/h9-11,14,16H,1-8,12-13H2,(H,23,26)/t14-,16-/m1/s1. The fourth-order valence-corrected chi connectivity index (χ4v) is 4.84. The Morgan fingerprint density at radius 2 is 1.96 bits per heavy atom. The molecule has 0 aromatic carbocycles. The van der Waals surface area contributed by atoms with Crippen LogP contribution in [0, 0.1) is 5.92 Å². The van der Waals surface area contributed by atoms with Crippen molar-refractivity contribution < 1.29 is 14.0 Å². The van der Waals surface area contributed by atoms with Crippen LogP contribution in [0.1, 0.15) is 53.1 Å². The fraction of sp³-hybridized carbons (Fsp3) is 0.571. The van der Waals surface area contributed by atoms with E-state index in [4.69, 9.17) is 4.42 Å². The molecule has 148 valence electrons. The molecule has 1 unspecified atom stereocenters. The Morgan fingerprint density at radius 3 is 2.79 bits per heavy atom. The second-order valence-corrected chi connectivity index (χ2v) is 8.39. The quantitative estimate of drug-likeness (QED) is 0.881. The van der Waals surface area contributed by atoms with Crippen LogP contribution in [-0.2, 0) is 0 Å². The van der Waals surface area contributed by atoms with Crippen LogP contribution in [0.5, 0.6) is 0 Å². The lowest BCUT2D eigenvalue weighted by atomic mass is 9.97. The molecule has 2 amide bonds. The predicted molar refractivity (Wildman–Crippen MR) is 104 cm³/mol. The smallest absolute Gasteiger partial charge is 0.289 e. The van der Waals surface area contributed by atoms with Gasteiger partial charge in [-0.1, -0.05) is 0 Å². The number of hydrogen-bond donors (Lipinski definition) is 1. The zero-order chi connectivity index (χ0) is 19.1. The Morgan fingerprint density at radius 1 is 1.11 bits per heavy atom. The highest BCUT2D eigenvalue weighted by atomic mass is 16.3. The van der Waals surface area contributed by atoms with Crippen molar-refractivity contribution in [3.63, 3.8) is 0 Å². The third-order valence-corrected chi connectivity index (χ3v) is 6.29. The lowest BCUT2D eigenvalue weighted by Crippen LogP contribution is -2.47. The number of carbonyl (C=O) groups is 2. The first-order valence-corrected chi connectivity index (χ1v) is 10.4. The molecule has 5 rings (SSSR count). The van der Waals surface area contributed by atoms with Crippen LogP contribution in [-0.4, -0.2) is 65.4 Å². The highest BCUT2D eigenvalue weighted by molar-refractivity contribution is 5.98. The van der Waals surface area contributed by atoms with Gasteiger partial charge >= 0.3 is 0 Å². The van der Waals surface area contributed by atoms with Gasteiger partial charge in [-0.25, -0.2) is 0 Å². The monoisotopic (exact) mass is 382 g/mol. The van der Waals surface area contributed by atoms with E-state index in [0.717, 1.165) is 57.4 Å². The maximum atomic E-state index is 12.7. The first-order valence-electron chi connectivity index (χ1n) is 10.4. The molecule has 0 aliphatic carbocycles. The van der Waals surface area contributed by atoms with Crippen molar-refractivity contribution in [3.05, 3.63) is 29.8 Å². The molecule has 5 heterocycles. The molecule has 2 bridgehead atoms. The Balaban J connectivity index is 1.30. The van der Waals surface area contributed by atoms with Crippen LogP contribution in [0.4, 0.5) is 0 Å². The zero-order valence-corrected chi connectivity index (χ0v) is 16.0. The number of nitrogens with one attached hydrogen (secondary N) is 1. The van der Waals surface area contributed by atoms with Crippen molar-refractivity contribution >= 4 is 22.8 Å². The molecule has 3 aliphatic heterocycles. The maximum Gasteiger partial charge on any atom is 0.289 e. The summed E-state index contributed by atoms with van der Waals surface area (Å²) in [6, 6.07) is 3.56. The molecule has 2 aromatic heterocycles. The molecular weight excluding hydrogens is 356 g/mol. The van der Waals surface area contributed by atoms with Gasteiger partial charge in [0.05, 0.1) is 0 Å². The Kier molecular flexibility index (Phi) is 4.55. The van der Waals surface area contributed by atoms with Gasteiger partial charge in [-0.3, -0.25) is 14.6 Å². The molecule has 1 N–H and O–H groups in total. The van der Waals surface area contributed by atoms with E-state index in [1.54, 1.807) is 18.3 Å². The molecule has 3 saturated heterocycles. The second-order valence-electron chi connectivity index (χ2n) is 8.39. The summed E-state index contributed by atoms with van der Waals surface area (Å²) < 4.78 is 5.79. The van der Waals surface area contributed by atoms with E-state index >= 15 is 0 Å². The van der Waals surface area contributed by atoms with Gasteiger partial charge in [0, 0.05) is 49.9 Å². The van der Waals surface area contributed by atoms with Crippen molar-refractivity contribution in [2.45, 2.75) is 38.1 Å². The van der Waals surface area contributed by atoms with E-state index in [1.165, 1.54) is 12.8 Å². The van der Waals surface area contributed by atoms with Gasteiger partial charge < -0.3 is 19.5 Å². The molecule has 0 saturated carbocycles. The number of furan rings is 1. The largest absolute Gasteiger partial charge is 0.451 e. The third-order valence-electron chi connectivity index (χ3n) is 6.29. The number of aromatic nitrogens is 1. The van der Waals surface area contributed by atoms with E-state index in [2.05, 4.69) is 15.2 Å². The number of piperidine rings is 2. The SMILES string of the molecule is O=C(N[C@@H]1C[C@H]2CCN(C2)C1)c1cc2oc(C(=O)N3CCCCC3)cc2cn1. The first-order chi connectivity index (χ1) is 13.7. The molecule has 3 atom stereocenters. The topological polar surface area (TPSA) is 78.7 Å². The van der Waals surface area contributed by atoms with Gasteiger partial charge in [0.2, 0.25) is 0 Å². The number of carbonyl (C=O) groups excluding carboxylic acids is 2.